The number of halogens is 1. The van der Waals surface area contributed by atoms with Crippen LogP contribution < -0.4 is 0 Å². The van der Waals surface area contributed by atoms with Crippen LogP contribution in [-0.2, 0) is 48.3 Å². The van der Waals surface area contributed by atoms with E-state index in [4.69, 9.17) is 18.9 Å². The van der Waals surface area contributed by atoms with Crippen LogP contribution in [0.1, 0.15) is 73.3 Å². The number of carbonyl (C=O) groups excluding carboxylic acids is 5. The number of ketones is 1. The molecule has 1 saturated carbocycles. The molecule has 9 nitrogen and oxygen atoms in total. The van der Waals surface area contributed by atoms with Crippen molar-refractivity contribution in [3.8, 4) is 0 Å². The lowest BCUT2D eigenvalue weighted by Crippen LogP contribution is -2.65. The van der Waals surface area contributed by atoms with Gasteiger partial charge in [0, 0.05) is 12.8 Å². The Morgan fingerprint density at radius 3 is 1.43 bits per heavy atom. The fourth-order valence-corrected chi connectivity index (χ4v) is 6.53. The van der Waals surface area contributed by atoms with Gasteiger partial charge in [-0.05, 0) is 82.4 Å². The van der Waals surface area contributed by atoms with Crippen LogP contribution in [0.3, 0.4) is 0 Å². The summed E-state index contributed by atoms with van der Waals surface area (Å²) in [6, 6.07) is 5.60. The first kappa shape index (κ1) is 32.7. The molecule has 0 radical (unpaired) electrons. The molecular formula is C32H39FO9. The monoisotopic (exact) mass is 586 g/mol. The second kappa shape index (κ2) is 12.6. The topological polar surface area (TPSA) is 122 Å². The molecule has 0 heterocycles. The van der Waals surface area contributed by atoms with Gasteiger partial charge >= 0.3 is 23.9 Å². The highest BCUT2D eigenvalue weighted by Crippen LogP contribution is 2.61. The number of benzene rings is 1. The summed E-state index contributed by atoms with van der Waals surface area (Å²) in [5.74, 6) is -5.35. The number of hydrogen-bond donors (Lipinski definition) is 0. The lowest BCUT2D eigenvalue weighted by Gasteiger charge is -2.50. The summed E-state index contributed by atoms with van der Waals surface area (Å²) in [5.41, 5.74) is -4.23. The van der Waals surface area contributed by atoms with Gasteiger partial charge in [0.2, 0.25) is 0 Å². The van der Waals surface area contributed by atoms with Gasteiger partial charge in [0.15, 0.2) is 16.6 Å². The third kappa shape index (κ3) is 4.65. The van der Waals surface area contributed by atoms with Crippen LogP contribution in [-0.4, -0.2) is 56.1 Å². The number of esters is 4. The predicted octanol–water partition coefficient (Wildman–Crippen LogP) is 4.71. The van der Waals surface area contributed by atoms with Gasteiger partial charge in [0.25, 0.3) is 0 Å². The van der Waals surface area contributed by atoms with E-state index in [9.17, 15) is 28.4 Å². The maximum atomic E-state index is 14.3. The minimum absolute atomic E-state index is 0.158. The Balaban J connectivity index is 2.52. The van der Waals surface area contributed by atoms with Crippen LogP contribution >= 0.6 is 0 Å². The Morgan fingerprint density at radius 1 is 0.690 bits per heavy atom. The predicted molar refractivity (Wildman–Crippen MR) is 149 cm³/mol. The Morgan fingerprint density at radius 2 is 1.07 bits per heavy atom. The van der Waals surface area contributed by atoms with Gasteiger partial charge in [-0.15, -0.1) is 0 Å². The summed E-state index contributed by atoms with van der Waals surface area (Å²) in [6.45, 7) is 10.6. The van der Waals surface area contributed by atoms with Crippen LogP contribution in [0.15, 0.2) is 46.6 Å². The summed E-state index contributed by atoms with van der Waals surface area (Å²) >= 11 is 0. The Kier molecular flexibility index (Phi) is 9.80. The molecule has 0 saturated heterocycles. The maximum Gasteiger partial charge on any atom is 0.325 e. The van der Waals surface area contributed by atoms with Crippen molar-refractivity contribution in [3.05, 3.63) is 57.9 Å². The highest BCUT2D eigenvalue weighted by molar-refractivity contribution is 6.17. The number of hydrogen-bond acceptors (Lipinski definition) is 9. The third-order valence-electron chi connectivity index (χ3n) is 8.61. The summed E-state index contributed by atoms with van der Waals surface area (Å²) in [5, 5.41) is 0. The number of Topliss-reactive ketones (excluding diaryl/α,β-unsaturated/α-hetero) is 1. The van der Waals surface area contributed by atoms with E-state index >= 15 is 0 Å². The number of carbonyl (C=O) groups is 5. The van der Waals surface area contributed by atoms with Crippen LogP contribution in [0.2, 0.25) is 0 Å². The van der Waals surface area contributed by atoms with E-state index in [-0.39, 0.29) is 44.2 Å². The van der Waals surface area contributed by atoms with Crippen molar-refractivity contribution in [1.29, 1.82) is 0 Å². The van der Waals surface area contributed by atoms with Crippen LogP contribution in [0, 0.1) is 16.6 Å². The molecule has 0 aromatic heterocycles. The highest BCUT2D eigenvalue weighted by atomic mass is 19.1. The zero-order chi connectivity index (χ0) is 31.5. The highest BCUT2D eigenvalue weighted by Gasteiger charge is 2.76. The Labute approximate surface area is 245 Å². The molecule has 228 valence electrons. The molecule has 1 fully saturated rings. The van der Waals surface area contributed by atoms with Crippen LogP contribution in [0.25, 0.3) is 0 Å². The number of fused-ring (bicyclic) bond motifs is 1. The number of rotatable bonds is 10. The summed E-state index contributed by atoms with van der Waals surface area (Å²) in [6.07, 6.45) is -0.739. The van der Waals surface area contributed by atoms with Gasteiger partial charge < -0.3 is 18.9 Å². The van der Waals surface area contributed by atoms with Crippen molar-refractivity contribution in [2.45, 2.75) is 73.1 Å². The fraction of sp³-hybridized carbons (Fsp3) is 0.531. The molecule has 3 rings (SSSR count). The zero-order valence-corrected chi connectivity index (χ0v) is 25.3. The van der Waals surface area contributed by atoms with E-state index in [1.165, 1.54) is 52.0 Å². The van der Waals surface area contributed by atoms with Gasteiger partial charge in [-0.25, -0.2) is 4.39 Å². The van der Waals surface area contributed by atoms with Crippen LogP contribution in [0.4, 0.5) is 4.39 Å². The van der Waals surface area contributed by atoms with E-state index in [1.807, 2.05) is 6.92 Å². The van der Waals surface area contributed by atoms with Gasteiger partial charge in [0.1, 0.15) is 5.82 Å². The quantitative estimate of drug-likeness (QED) is 0.218. The molecule has 2 aliphatic carbocycles. The number of ether oxygens (including phenoxy) is 4. The molecule has 0 amide bonds. The molecule has 1 aromatic rings. The van der Waals surface area contributed by atoms with E-state index in [1.54, 1.807) is 13.8 Å². The van der Waals surface area contributed by atoms with E-state index < -0.39 is 58.8 Å². The van der Waals surface area contributed by atoms with E-state index in [0.29, 0.717) is 22.3 Å². The maximum absolute atomic E-state index is 14.3. The smallest absolute Gasteiger partial charge is 0.325 e. The molecule has 0 aliphatic heterocycles. The normalized spacial score (nSPS) is 20.9. The molecule has 1 atom stereocenters. The average molecular weight is 587 g/mol. The first-order valence-corrected chi connectivity index (χ1v) is 14.3. The van der Waals surface area contributed by atoms with Gasteiger partial charge in [0.05, 0.1) is 31.8 Å². The van der Waals surface area contributed by atoms with E-state index in [2.05, 4.69) is 0 Å². The molecule has 2 aliphatic rings. The molecule has 1 unspecified atom stereocenters. The third-order valence-corrected chi connectivity index (χ3v) is 8.61. The largest absolute Gasteiger partial charge is 0.465 e. The molecular weight excluding hydrogens is 547 g/mol. The lowest BCUT2D eigenvalue weighted by atomic mass is 9.49. The Hall–Kier alpha value is -3.82. The van der Waals surface area contributed by atoms with Gasteiger partial charge in [-0.2, -0.15) is 0 Å². The zero-order valence-electron chi connectivity index (χ0n) is 25.3. The van der Waals surface area contributed by atoms with Gasteiger partial charge in [-0.3, -0.25) is 24.0 Å². The van der Waals surface area contributed by atoms with Crippen LogP contribution in [0.5, 0.6) is 0 Å². The summed E-state index contributed by atoms with van der Waals surface area (Å²) in [7, 11) is 0. The van der Waals surface area contributed by atoms with Crippen molar-refractivity contribution in [1.82, 2.24) is 0 Å². The lowest BCUT2D eigenvalue weighted by molar-refractivity contribution is -0.205. The number of allylic oxidation sites excluding steroid dienone is 4. The fourth-order valence-electron chi connectivity index (χ4n) is 6.53. The van der Waals surface area contributed by atoms with Crippen molar-refractivity contribution in [2.24, 2.45) is 10.8 Å². The molecule has 1 aromatic carbocycles. The van der Waals surface area contributed by atoms with Gasteiger partial charge in [-0.1, -0.05) is 24.6 Å². The SMILES string of the molecule is CCOC(=O)C1(C(=O)OCC)CC2=C(C)C(=O)C(CC)(c3ccc(F)cc3)C(C)=C2CC1(C(=O)OCC)C(=O)OCC. The molecule has 0 spiro atoms. The molecule has 10 heteroatoms. The van der Waals surface area contributed by atoms with E-state index in [0.717, 1.165) is 0 Å². The first-order chi connectivity index (χ1) is 19.9. The first-order valence-electron chi connectivity index (χ1n) is 14.3. The minimum atomic E-state index is -2.54. The van der Waals surface area contributed by atoms with Crippen molar-refractivity contribution in [3.63, 3.8) is 0 Å². The summed E-state index contributed by atoms with van der Waals surface area (Å²) < 4.78 is 35.4. The summed E-state index contributed by atoms with van der Waals surface area (Å²) in [4.78, 5) is 70.3. The van der Waals surface area contributed by atoms with Crippen molar-refractivity contribution < 1.29 is 47.3 Å². The Bertz CT molecular complexity index is 1300. The minimum Gasteiger partial charge on any atom is -0.465 e. The standard InChI is InChI=1S/C32H39FO9/c1-8-30(21-13-15-22(33)16-14-21)20(7)24-18-32(28(37)41-11-4,29(38)42-12-5)31(26(35)39-9-2,27(36)40-10-3)17-23(24)19(6)25(30)34/h13-16H,8-12,17-18H2,1-7H3. The molecule has 0 N–H and O–H groups in total. The second-order valence-corrected chi connectivity index (χ2v) is 10.3. The second-order valence-electron chi connectivity index (χ2n) is 10.3. The van der Waals surface area contributed by atoms with Crippen molar-refractivity contribution in [2.75, 3.05) is 26.4 Å². The average Bonchev–Trinajstić information content (AvgIpc) is 2.97. The van der Waals surface area contributed by atoms with Crippen molar-refractivity contribution >= 4 is 29.7 Å². The molecule has 0 bridgehead atoms. The molecule has 42 heavy (non-hydrogen) atoms.